The third kappa shape index (κ3) is 5.81. The highest BCUT2D eigenvalue weighted by Crippen LogP contribution is 2.47. The van der Waals surface area contributed by atoms with E-state index in [9.17, 15) is 14.4 Å². The van der Waals surface area contributed by atoms with Crippen LogP contribution in [0.15, 0.2) is 46.8 Å². The number of carbonyl (C=O) groups excluding carboxylic acids is 3. The third-order valence-electron chi connectivity index (χ3n) is 6.32. The van der Waals surface area contributed by atoms with Crippen molar-refractivity contribution in [2.45, 2.75) is 66.1 Å². The van der Waals surface area contributed by atoms with Crippen LogP contribution in [-0.2, 0) is 28.6 Å². The van der Waals surface area contributed by atoms with Gasteiger partial charge in [0, 0.05) is 22.5 Å². The number of rotatable bonds is 9. The highest BCUT2D eigenvalue weighted by Gasteiger charge is 2.47. The Morgan fingerprint density at radius 2 is 1.78 bits per heavy atom. The van der Waals surface area contributed by atoms with Crippen LogP contribution in [0.2, 0.25) is 0 Å². The van der Waals surface area contributed by atoms with Gasteiger partial charge in [-0.2, -0.15) is 0 Å². The summed E-state index contributed by atoms with van der Waals surface area (Å²) in [7, 11) is 1.28. The molecular formula is C28H37NO7. The highest BCUT2D eigenvalue weighted by atomic mass is 16.6. The van der Waals surface area contributed by atoms with Crippen molar-refractivity contribution in [2.75, 3.05) is 20.3 Å². The fourth-order valence-corrected chi connectivity index (χ4v) is 4.84. The van der Waals surface area contributed by atoms with Crippen molar-refractivity contribution in [3.05, 3.63) is 52.4 Å². The number of nitrogens with one attached hydrogen (secondary N) is 1. The summed E-state index contributed by atoms with van der Waals surface area (Å²) in [5.74, 6) is -2.89. The minimum atomic E-state index is -0.952. The number of esters is 2. The van der Waals surface area contributed by atoms with Crippen LogP contribution in [0, 0.1) is 11.8 Å². The normalized spacial score (nSPS) is 21.9. The third-order valence-corrected chi connectivity index (χ3v) is 6.32. The Morgan fingerprint density at radius 3 is 2.42 bits per heavy atom. The van der Waals surface area contributed by atoms with E-state index in [2.05, 4.69) is 5.32 Å². The number of ether oxygens (including phenoxy) is 4. The Kier molecular flexibility index (Phi) is 8.95. The molecule has 1 heterocycles. The Bertz CT molecular complexity index is 1070. The number of hydrogen-bond acceptors (Lipinski definition) is 8. The largest absolute Gasteiger partial charge is 0.491 e. The number of methoxy groups -OCH3 is 1. The summed E-state index contributed by atoms with van der Waals surface area (Å²) in [6.45, 7) is 11.6. The van der Waals surface area contributed by atoms with Gasteiger partial charge in [0.15, 0.2) is 5.78 Å². The maximum absolute atomic E-state index is 13.9. The van der Waals surface area contributed by atoms with Crippen LogP contribution in [0.4, 0.5) is 0 Å². The van der Waals surface area contributed by atoms with Crippen molar-refractivity contribution in [2.24, 2.45) is 11.8 Å². The fourth-order valence-electron chi connectivity index (χ4n) is 4.84. The van der Waals surface area contributed by atoms with E-state index >= 15 is 0 Å². The van der Waals surface area contributed by atoms with Gasteiger partial charge >= 0.3 is 11.9 Å². The van der Waals surface area contributed by atoms with Crippen molar-refractivity contribution in [3.63, 3.8) is 0 Å². The number of carbonyl (C=O) groups is 3. The molecular weight excluding hydrogens is 462 g/mol. The molecule has 0 radical (unpaired) electrons. The van der Waals surface area contributed by atoms with Gasteiger partial charge < -0.3 is 24.3 Å². The van der Waals surface area contributed by atoms with Gasteiger partial charge in [-0.05, 0) is 53.0 Å². The Balaban J connectivity index is 2.11. The minimum Gasteiger partial charge on any atom is -0.491 e. The summed E-state index contributed by atoms with van der Waals surface area (Å²) in [6.07, 6.45) is 0.352. The molecule has 0 unspecified atom stereocenters. The van der Waals surface area contributed by atoms with E-state index < -0.39 is 23.8 Å². The number of dihydropyridines is 1. The van der Waals surface area contributed by atoms with Crippen LogP contribution in [0.1, 0.15) is 59.4 Å². The maximum Gasteiger partial charge on any atom is 0.336 e. The van der Waals surface area contributed by atoms with E-state index in [1.807, 2.05) is 58.9 Å². The molecule has 0 amide bonds. The summed E-state index contributed by atoms with van der Waals surface area (Å²) in [4.78, 5) is 39.9. The molecule has 2 aliphatic rings. The van der Waals surface area contributed by atoms with E-state index in [4.69, 9.17) is 18.9 Å². The van der Waals surface area contributed by atoms with Crippen molar-refractivity contribution < 1.29 is 33.3 Å². The number of ketones is 1. The lowest BCUT2D eigenvalue weighted by atomic mass is 9.69. The average molecular weight is 500 g/mol. The van der Waals surface area contributed by atoms with Crippen LogP contribution in [0.25, 0.3) is 0 Å². The first-order valence-corrected chi connectivity index (χ1v) is 12.4. The standard InChI is InChI=1S/C28H37NO7/c1-15(2)34-12-13-35-28(32)23-18(6)29-20-14-17(5)22(27(31)33-7)26(30)25(20)24(23)19-10-8-9-11-21(19)36-16(3)4/h8-11,15-17,22,24,29H,12-14H2,1-7H3/t17-,22+,24+/m1/s1. The van der Waals surface area contributed by atoms with Gasteiger partial charge in [0.05, 0.1) is 37.4 Å². The first kappa shape index (κ1) is 27.5. The second-order valence-corrected chi connectivity index (χ2v) is 9.80. The molecule has 8 heteroatoms. The van der Waals surface area contributed by atoms with Gasteiger partial charge in [0.2, 0.25) is 0 Å². The molecule has 0 bridgehead atoms. The lowest BCUT2D eigenvalue weighted by Crippen LogP contribution is -2.43. The highest BCUT2D eigenvalue weighted by molar-refractivity contribution is 6.12. The molecule has 1 aromatic carbocycles. The van der Waals surface area contributed by atoms with Crippen LogP contribution < -0.4 is 10.1 Å². The van der Waals surface area contributed by atoms with Crippen molar-refractivity contribution >= 4 is 17.7 Å². The summed E-state index contributed by atoms with van der Waals surface area (Å²) in [6, 6.07) is 7.35. The molecule has 3 rings (SSSR count). The molecule has 196 valence electrons. The number of hydrogen-bond donors (Lipinski definition) is 1. The van der Waals surface area contributed by atoms with Crippen molar-refractivity contribution in [1.29, 1.82) is 0 Å². The molecule has 0 saturated carbocycles. The molecule has 8 nitrogen and oxygen atoms in total. The Morgan fingerprint density at radius 1 is 1.08 bits per heavy atom. The van der Waals surface area contributed by atoms with Gasteiger partial charge in [-0.3, -0.25) is 9.59 Å². The first-order valence-electron chi connectivity index (χ1n) is 12.4. The smallest absolute Gasteiger partial charge is 0.336 e. The summed E-state index contributed by atoms with van der Waals surface area (Å²) >= 11 is 0. The average Bonchev–Trinajstić information content (AvgIpc) is 2.80. The molecule has 1 N–H and O–H groups in total. The summed E-state index contributed by atoms with van der Waals surface area (Å²) < 4.78 is 22.1. The minimum absolute atomic E-state index is 0.0126. The molecule has 3 atom stereocenters. The van der Waals surface area contributed by atoms with Gasteiger partial charge in [0.25, 0.3) is 0 Å². The lowest BCUT2D eigenvalue weighted by Gasteiger charge is -2.38. The maximum atomic E-state index is 13.9. The Labute approximate surface area is 213 Å². The SMILES string of the molecule is COC(=O)[C@@H]1C(=O)C2=C(C[C@H]1C)NC(C)=C(C(=O)OCCOC(C)C)[C@@H]2c1ccccc1OC(C)C. The van der Waals surface area contributed by atoms with Crippen LogP contribution >= 0.6 is 0 Å². The Hall–Kier alpha value is -3.13. The molecule has 1 aliphatic carbocycles. The number of Topliss-reactive ketones (excluding diaryl/α,β-unsaturated/α-hetero) is 1. The second-order valence-electron chi connectivity index (χ2n) is 9.80. The second kappa shape index (κ2) is 11.7. The molecule has 0 fully saturated rings. The topological polar surface area (TPSA) is 100 Å². The van der Waals surface area contributed by atoms with E-state index in [0.29, 0.717) is 40.3 Å². The molecule has 1 aromatic rings. The molecule has 36 heavy (non-hydrogen) atoms. The predicted molar refractivity (Wildman–Crippen MR) is 134 cm³/mol. The molecule has 0 saturated heterocycles. The quantitative estimate of drug-likeness (QED) is 0.309. The van der Waals surface area contributed by atoms with Gasteiger partial charge in [-0.1, -0.05) is 25.1 Å². The monoisotopic (exact) mass is 499 g/mol. The van der Waals surface area contributed by atoms with Crippen molar-refractivity contribution in [1.82, 2.24) is 5.32 Å². The van der Waals surface area contributed by atoms with E-state index in [-0.39, 0.29) is 37.1 Å². The van der Waals surface area contributed by atoms with E-state index in [1.165, 1.54) is 7.11 Å². The van der Waals surface area contributed by atoms with Gasteiger partial charge in [-0.15, -0.1) is 0 Å². The van der Waals surface area contributed by atoms with Crippen LogP contribution in [-0.4, -0.2) is 50.3 Å². The predicted octanol–water partition coefficient (Wildman–Crippen LogP) is 4.06. The molecule has 0 spiro atoms. The van der Waals surface area contributed by atoms with Gasteiger partial charge in [-0.25, -0.2) is 4.79 Å². The number of benzene rings is 1. The summed E-state index contributed by atoms with van der Waals surface area (Å²) in [5.41, 5.74) is 2.65. The summed E-state index contributed by atoms with van der Waals surface area (Å²) in [5, 5.41) is 3.27. The zero-order valence-corrected chi connectivity index (χ0v) is 22.2. The number of para-hydroxylation sites is 1. The fraction of sp³-hybridized carbons (Fsp3) is 0.536. The molecule has 0 aromatic heterocycles. The number of allylic oxidation sites excluding steroid dienone is 3. The van der Waals surface area contributed by atoms with Crippen LogP contribution in [0.3, 0.4) is 0 Å². The van der Waals surface area contributed by atoms with Crippen molar-refractivity contribution in [3.8, 4) is 5.75 Å². The van der Waals surface area contributed by atoms with Gasteiger partial charge in [0.1, 0.15) is 18.3 Å². The zero-order chi connectivity index (χ0) is 26.6. The lowest BCUT2D eigenvalue weighted by molar-refractivity contribution is -0.151. The van der Waals surface area contributed by atoms with Crippen LogP contribution in [0.5, 0.6) is 5.75 Å². The van der Waals surface area contributed by atoms with E-state index in [1.54, 1.807) is 6.92 Å². The van der Waals surface area contributed by atoms with E-state index in [0.717, 1.165) is 0 Å². The zero-order valence-electron chi connectivity index (χ0n) is 22.2. The first-order chi connectivity index (χ1) is 17.1. The molecule has 1 aliphatic heterocycles.